The van der Waals surface area contributed by atoms with Crippen LogP contribution in [0.5, 0.6) is 11.6 Å². The number of hydrogen-bond donors (Lipinski definition) is 0. The Morgan fingerprint density at radius 3 is 2.71 bits per heavy atom. The zero-order valence-electron chi connectivity index (χ0n) is 9.73. The van der Waals surface area contributed by atoms with Gasteiger partial charge in [-0.05, 0) is 24.3 Å². The minimum Gasteiger partial charge on any atom is -0.497 e. The average molecular weight is 228 g/mol. The fraction of sp³-hybridized carbons (Fsp3) is 0.231. The van der Waals surface area contributed by atoms with Gasteiger partial charge in [-0.2, -0.15) is 5.26 Å². The summed E-state index contributed by atoms with van der Waals surface area (Å²) in [5.74, 6) is 1.27. The standard InChI is InChI=1S/C13H12N2O2/c1-16-11-3-4-12-10(8-11)7-9(5-6-14)13(15-12)17-2/h3-4,7-8H,5H2,1-2H3. The maximum atomic E-state index is 8.75. The number of nitriles is 1. The summed E-state index contributed by atoms with van der Waals surface area (Å²) in [6.07, 6.45) is 0.281. The van der Waals surface area contributed by atoms with E-state index in [0.717, 1.165) is 22.2 Å². The van der Waals surface area contributed by atoms with E-state index in [2.05, 4.69) is 11.1 Å². The summed E-state index contributed by atoms with van der Waals surface area (Å²) in [6.45, 7) is 0. The first-order valence-corrected chi connectivity index (χ1v) is 5.17. The molecule has 0 N–H and O–H groups in total. The lowest BCUT2D eigenvalue weighted by molar-refractivity contribution is 0.395. The number of methoxy groups -OCH3 is 2. The molecule has 0 saturated heterocycles. The molecule has 2 aromatic rings. The Hall–Kier alpha value is -2.28. The quantitative estimate of drug-likeness (QED) is 0.809. The molecule has 0 bridgehead atoms. The fourth-order valence-corrected chi connectivity index (χ4v) is 1.70. The molecule has 17 heavy (non-hydrogen) atoms. The summed E-state index contributed by atoms with van der Waals surface area (Å²) in [6, 6.07) is 9.62. The third-order valence-corrected chi connectivity index (χ3v) is 2.52. The summed E-state index contributed by atoms with van der Waals surface area (Å²) >= 11 is 0. The normalized spacial score (nSPS) is 9.94. The Morgan fingerprint density at radius 1 is 1.24 bits per heavy atom. The molecule has 4 nitrogen and oxygen atoms in total. The number of pyridine rings is 1. The third kappa shape index (κ3) is 2.13. The van der Waals surface area contributed by atoms with Crippen LogP contribution in [-0.4, -0.2) is 19.2 Å². The summed E-state index contributed by atoms with van der Waals surface area (Å²) in [7, 11) is 3.17. The first kappa shape index (κ1) is 11.2. The lowest BCUT2D eigenvalue weighted by atomic mass is 10.1. The van der Waals surface area contributed by atoms with E-state index in [1.165, 1.54) is 0 Å². The third-order valence-electron chi connectivity index (χ3n) is 2.52. The van der Waals surface area contributed by atoms with Gasteiger partial charge in [-0.1, -0.05) is 0 Å². The Bertz CT molecular complexity index is 588. The molecule has 1 heterocycles. The highest BCUT2D eigenvalue weighted by Gasteiger charge is 2.07. The van der Waals surface area contributed by atoms with Gasteiger partial charge in [0.2, 0.25) is 5.88 Å². The van der Waals surface area contributed by atoms with Gasteiger partial charge in [0.25, 0.3) is 0 Å². The molecule has 86 valence electrons. The molecule has 0 unspecified atom stereocenters. The minimum absolute atomic E-state index is 0.281. The van der Waals surface area contributed by atoms with Gasteiger partial charge in [0.15, 0.2) is 0 Å². The summed E-state index contributed by atoms with van der Waals surface area (Å²) in [5, 5.41) is 9.69. The number of benzene rings is 1. The Kier molecular flexibility index (Phi) is 3.10. The molecule has 1 aromatic carbocycles. The van der Waals surface area contributed by atoms with Gasteiger partial charge in [0, 0.05) is 10.9 Å². The number of ether oxygens (including phenoxy) is 2. The Balaban J connectivity index is 2.62. The highest BCUT2D eigenvalue weighted by atomic mass is 16.5. The molecule has 2 rings (SSSR count). The Labute approximate surface area is 99.4 Å². The predicted octanol–water partition coefficient (Wildman–Crippen LogP) is 2.32. The van der Waals surface area contributed by atoms with E-state index in [1.807, 2.05) is 24.3 Å². The molecule has 0 radical (unpaired) electrons. The van der Waals surface area contributed by atoms with Crippen molar-refractivity contribution < 1.29 is 9.47 Å². The number of nitrogens with zero attached hydrogens (tertiary/aromatic N) is 2. The number of fused-ring (bicyclic) bond motifs is 1. The van der Waals surface area contributed by atoms with E-state index < -0.39 is 0 Å². The maximum absolute atomic E-state index is 8.75. The fourth-order valence-electron chi connectivity index (χ4n) is 1.70. The first-order valence-electron chi connectivity index (χ1n) is 5.17. The molecule has 0 amide bonds. The molecule has 0 atom stereocenters. The SMILES string of the molecule is COc1ccc2nc(OC)c(CC#N)cc2c1. The summed E-state index contributed by atoms with van der Waals surface area (Å²) in [4.78, 5) is 4.36. The molecule has 0 saturated carbocycles. The monoisotopic (exact) mass is 228 g/mol. The summed E-state index contributed by atoms with van der Waals surface area (Å²) in [5.41, 5.74) is 1.61. The van der Waals surface area contributed by atoms with Crippen LogP contribution in [0.15, 0.2) is 24.3 Å². The van der Waals surface area contributed by atoms with Crippen LogP contribution in [0.2, 0.25) is 0 Å². The van der Waals surface area contributed by atoms with Gasteiger partial charge in [0.05, 0.1) is 32.2 Å². The van der Waals surface area contributed by atoms with Crippen molar-refractivity contribution in [2.75, 3.05) is 14.2 Å². The van der Waals surface area contributed by atoms with Crippen LogP contribution in [0.4, 0.5) is 0 Å². The number of aromatic nitrogens is 1. The smallest absolute Gasteiger partial charge is 0.217 e. The minimum atomic E-state index is 0.281. The van der Waals surface area contributed by atoms with Gasteiger partial charge in [-0.15, -0.1) is 0 Å². The van der Waals surface area contributed by atoms with Crippen molar-refractivity contribution in [3.63, 3.8) is 0 Å². The topological polar surface area (TPSA) is 55.1 Å². The van der Waals surface area contributed by atoms with Gasteiger partial charge in [-0.25, -0.2) is 4.98 Å². The van der Waals surface area contributed by atoms with Crippen LogP contribution < -0.4 is 9.47 Å². The largest absolute Gasteiger partial charge is 0.497 e. The molecule has 4 heteroatoms. The number of hydrogen-bond acceptors (Lipinski definition) is 4. The van der Waals surface area contributed by atoms with E-state index in [9.17, 15) is 0 Å². The van der Waals surface area contributed by atoms with Crippen LogP contribution in [0.25, 0.3) is 10.9 Å². The van der Waals surface area contributed by atoms with E-state index in [-0.39, 0.29) is 6.42 Å². The average Bonchev–Trinajstić information content (AvgIpc) is 2.37. The highest BCUT2D eigenvalue weighted by molar-refractivity contribution is 5.81. The van der Waals surface area contributed by atoms with Crippen LogP contribution in [0.3, 0.4) is 0 Å². The van der Waals surface area contributed by atoms with Crippen molar-refractivity contribution in [1.29, 1.82) is 5.26 Å². The Morgan fingerprint density at radius 2 is 2.06 bits per heavy atom. The molecule has 0 fully saturated rings. The second-order valence-electron chi connectivity index (χ2n) is 3.55. The summed E-state index contributed by atoms with van der Waals surface area (Å²) < 4.78 is 10.3. The number of rotatable bonds is 3. The molecule has 0 aliphatic heterocycles. The van der Waals surface area contributed by atoms with Gasteiger partial charge < -0.3 is 9.47 Å². The molecular formula is C13H12N2O2. The lowest BCUT2D eigenvalue weighted by Gasteiger charge is -2.07. The highest BCUT2D eigenvalue weighted by Crippen LogP contribution is 2.25. The van der Waals surface area contributed by atoms with E-state index >= 15 is 0 Å². The molecule has 0 aliphatic rings. The van der Waals surface area contributed by atoms with Gasteiger partial charge in [-0.3, -0.25) is 0 Å². The van der Waals surface area contributed by atoms with Gasteiger partial charge >= 0.3 is 0 Å². The van der Waals surface area contributed by atoms with Crippen molar-refractivity contribution in [1.82, 2.24) is 4.98 Å². The molecular weight excluding hydrogens is 216 g/mol. The lowest BCUT2D eigenvalue weighted by Crippen LogP contribution is -1.95. The predicted molar refractivity (Wildman–Crippen MR) is 64.2 cm³/mol. The van der Waals surface area contributed by atoms with Gasteiger partial charge in [0.1, 0.15) is 5.75 Å². The zero-order chi connectivity index (χ0) is 12.3. The van der Waals surface area contributed by atoms with Crippen molar-refractivity contribution in [2.24, 2.45) is 0 Å². The second kappa shape index (κ2) is 4.71. The van der Waals surface area contributed by atoms with E-state index in [1.54, 1.807) is 14.2 Å². The van der Waals surface area contributed by atoms with Crippen LogP contribution in [0, 0.1) is 11.3 Å². The second-order valence-corrected chi connectivity index (χ2v) is 3.55. The molecule has 0 aliphatic carbocycles. The van der Waals surface area contributed by atoms with Crippen molar-refractivity contribution >= 4 is 10.9 Å². The van der Waals surface area contributed by atoms with Crippen molar-refractivity contribution in [3.05, 3.63) is 29.8 Å². The van der Waals surface area contributed by atoms with E-state index in [4.69, 9.17) is 14.7 Å². The van der Waals surface area contributed by atoms with Crippen LogP contribution in [-0.2, 0) is 6.42 Å². The van der Waals surface area contributed by atoms with E-state index in [0.29, 0.717) is 5.88 Å². The molecule has 0 spiro atoms. The van der Waals surface area contributed by atoms with Crippen LogP contribution in [0.1, 0.15) is 5.56 Å². The molecule has 1 aromatic heterocycles. The van der Waals surface area contributed by atoms with Crippen molar-refractivity contribution in [2.45, 2.75) is 6.42 Å². The first-order chi connectivity index (χ1) is 8.28. The van der Waals surface area contributed by atoms with Crippen molar-refractivity contribution in [3.8, 4) is 17.7 Å². The van der Waals surface area contributed by atoms with Crippen LogP contribution >= 0.6 is 0 Å². The zero-order valence-corrected chi connectivity index (χ0v) is 9.73. The maximum Gasteiger partial charge on any atom is 0.217 e.